The molecule has 0 unspecified atom stereocenters. The van der Waals surface area contributed by atoms with Gasteiger partial charge in [-0.1, -0.05) is 0 Å². The van der Waals surface area contributed by atoms with Crippen molar-refractivity contribution in [1.82, 2.24) is 10.2 Å². The van der Waals surface area contributed by atoms with Crippen LogP contribution < -0.4 is 5.32 Å². The van der Waals surface area contributed by atoms with Crippen molar-refractivity contribution in [3.05, 3.63) is 0 Å². The third-order valence-electron chi connectivity index (χ3n) is 3.63. The molecule has 20 heavy (non-hydrogen) atoms. The molecular formula is C13H24F2IN3O. The Hall–Kier alpha value is -0.180. The summed E-state index contributed by atoms with van der Waals surface area (Å²) in [5, 5.41) is 2.70. The molecule has 0 aromatic carbocycles. The maximum Gasteiger partial charge on any atom is 0.255 e. The Morgan fingerprint density at radius 1 is 1.30 bits per heavy atom. The minimum absolute atomic E-state index is 0. The molecule has 4 nitrogen and oxygen atoms in total. The van der Waals surface area contributed by atoms with Crippen molar-refractivity contribution in [2.24, 2.45) is 10.9 Å². The van der Waals surface area contributed by atoms with Gasteiger partial charge in [0.2, 0.25) is 0 Å². The summed E-state index contributed by atoms with van der Waals surface area (Å²) in [5.74, 6) is 1.36. The highest BCUT2D eigenvalue weighted by atomic mass is 127. The second-order valence-electron chi connectivity index (χ2n) is 5.28. The Balaban J connectivity index is 0.00000200. The third-order valence-corrected chi connectivity index (χ3v) is 3.63. The molecule has 2 fully saturated rings. The van der Waals surface area contributed by atoms with Crippen LogP contribution >= 0.6 is 24.0 Å². The van der Waals surface area contributed by atoms with E-state index < -0.39 is 6.43 Å². The first-order valence-corrected chi connectivity index (χ1v) is 7.04. The van der Waals surface area contributed by atoms with E-state index in [0.29, 0.717) is 12.1 Å². The lowest BCUT2D eigenvalue weighted by molar-refractivity contribution is 0.0129. The maximum absolute atomic E-state index is 12.2. The SMILES string of the molecule is CN=C(NCC(F)F)N1CCC(OCC2CC2)CC1.I. The average molecular weight is 403 g/mol. The predicted octanol–water partition coefficient (Wildman–Crippen LogP) is 2.34. The molecule has 0 aromatic rings. The van der Waals surface area contributed by atoms with Gasteiger partial charge in [0.05, 0.1) is 12.6 Å². The molecule has 0 atom stereocenters. The normalized spacial score (nSPS) is 21.0. The van der Waals surface area contributed by atoms with Crippen LogP contribution in [-0.2, 0) is 4.74 Å². The van der Waals surface area contributed by atoms with Gasteiger partial charge in [-0.2, -0.15) is 0 Å². The van der Waals surface area contributed by atoms with Gasteiger partial charge in [-0.25, -0.2) is 8.78 Å². The van der Waals surface area contributed by atoms with Crippen molar-refractivity contribution in [3.63, 3.8) is 0 Å². The Bertz CT molecular complexity index is 306. The first-order chi connectivity index (χ1) is 9.19. The fraction of sp³-hybridized carbons (Fsp3) is 0.923. The lowest BCUT2D eigenvalue weighted by Gasteiger charge is -2.34. The molecule has 2 rings (SSSR count). The molecule has 0 amide bonds. The summed E-state index contributed by atoms with van der Waals surface area (Å²) in [4.78, 5) is 6.08. The molecule has 2 aliphatic rings. The Morgan fingerprint density at radius 2 is 1.95 bits per heavy atom. The number of hydrogen-bond donors (Lipinski definition) is 1. The quantitative estimate of drug-likeness (QED) is 0.435. The first-order valence-electron chi connectivity index (χ1n) is 7.04. The molecule has 1 aliphatic heterocycles. The topological polar surface area (TPSA) is 36.9 Å². The summed E-state index contributed by atoms with van der Waals surface area (Å²) in [5.41, 5.74) is 0. The zero-order valence-corrected chi connectivity index (χ0v) is 14.2. The van der Waals surface area contributed by atoms with Crippen molar-refractivity contribution in [2.45, 2.75) is 38.2 Å². The van der Waals surface area contributed by atoms with E-state index in [4.69, 9.17) is 4.74 Å². The number of piperidine rings is 1. The molecule has 0 aromatic heterocycles. The number of likely N-dealkylation sites (tertiary alicyclic amines) is 1. The van der Waals surface area contributed by atoms with E-state index >= 15 is 0 Å². The largest absolute Gasteiger partial charge is 0.378 e. The molecule has 1 heterocycles. The van der Waals surface area contributed by atoms with Gasteiger partial charge in [0.15, 0.2) is 5.96 Å². The number of halogens is 3. The molecular weight excluding hydrogens is 379 g/mol. The van der Waals surface area contributed by atoms with Gasteiger partial charge in [-0.3, -0.25) is 4.99 Å². The highest BCUT2D eigenvalue weighted by Crippen LogP contribution is 2.30. The summed E-state index contributed by atoms with van der Waals surface area (Å²) in [6.07, 6.45) is 2.48. The molecule has 0 bridgehead atoms. The average Bonchev–Trinajstić information content (AvgIpc) is 3.22. The van der Waals surface area contributed by atoms with Crippen LogP contribution in [0.15, 0.2) is 4.99 Å². The summed E-state index contributed by atoms with van der Waals surface area (Å²) < 4.78 is 30.2. The molecule has 0 spiro atoms. The van der Waals surface area contributed by atoms with E-state index in [0.717, 1.165) is 38.5 Å². The fourth-order valence-electron chi connectivity index (χ4n) is 2.29. The monoisotopic (exact) mass is 403 g/mol. The summed E-state index contributed by atoms with van der Waals surface area (Å²) in [6.45, 7) is 2.18. The number of alkyl halides is 2. The number of aliphatic imine (C=N–C) groups is 1. The number of nitrogens with one attached hydrogen (secondary N) is 1. The van der Waals surface area contributed by atoms with Crippen LogP contribution in [0.3, 0.4) is 0 Å². The van der Waals surface area contributed by atoms with Gasteiger partial charge >= 0.3 is 0 Å². The standard InChI is InChI=1S/C13H23F2N3O.HI/c1-16-13(17-8-12(14)15)18-6-4-11(5-7-18)19-9-10-2-3-10;/h10-12H,2-9H2,1H3,(H,16,17);1H. The lowest BCUT2D eigenvalue weighted by Crippen LogP contribution is -2.48. The number of rotatable bonds is 5. The van der Waals surface area contributed by atoms with E-state index in [2.05, 4.69) is 10.3 Å². The number of ether oxygens (including phenoxy) is 1. The van der Waals surface area contributed by atoms with Crippen LogP contribution in [0.5, 0.6) is 0 Å². The number of guanidine groups is 1. The van der Waals surface area contributed by atoms with Crippen LogP contribution in [-0.4, -0.2) is 56.7 Å². The smallest absolute Gasteiger partial charge is 0.255 e. The zero-order valence-electron chi connectivity index (χ0n) is 11.9. The van der Waals surface area contributed by atoms with Gasteiger partial charge < -0.3 is 15.0 Å². The van der Waals surface area contributed by atoms with Gasteiger partial charge in [0, 0.05) is 26.7 Å². The van der Waals surface area contributed by atoms with E-state index in [-0.39, 0.29) is 30.5 Å². The molecule has 1 saturated carbocycles. The number of nitrogens with zero attached hydrogens (tertiary/aromatic N) is 2. The second kappa shape index (κ2) is 8.96. The van der Waals surface area contributed by atoms with Gasteiger partial charge in [-0.05, 0) is 31.6 Å². The molecule has 1 aliphatic carbocycles. The third kappa shape index (κ3) is 6.07. The molecule has 1 N–H and O–H groups in total. The van der Waals surface area contributed by atoms with Crippen LogP contribution in [0, 0.1) is 5.92 Å². The van der Waals surface area contributed by atoms with Crippen molar-refractivity contribution in [2.75, 3.05) is 33.3 Å². The fourth-order valence-corrected chi connectivity index (χ4v) is 2.29. The Kier molecular flexibility index (Phi) is 8.01. The van der Waals surface area contributed by atoms with Gasteiger partial charge in [0.1, 0.15) is 0 Å². The highest BCUT2D eigenvalue weighted by molar-refractivity contribution is 14.0. The van der Waals surface area contributed by atoms with Crippen LogP contribution in [0.1, 0.15) is 25.7 Å². The van der Waals surface area contributed by atoms with Crippen LogP contribution in [0.25, 0.3) is 0 Å². The number of hydrogen-bond acceptors (Lipinski definition) is 2. The van der Waals surface area contributed by atoms with Gasteiger partial charge in [0.25, 0.3) is 6.43 Å². The van der Waals surface area contributed by atoms with Crippen LogP contribution in [0.2, 0.25) is 0 Å². The minimum Gasteiger partial charge on any atom is -0.378 e. The summed E-state index contributed by atoms with van der Waals surface area (Å²) >= 11 is 0. The molecule has 1 saturated heterocycles. The molecule has 7 heteroatoms. The second-order valence-corrected chi connectivity index (χ2v) is 5.28. The van der Waals surface area contributed by atoms with E-state index in [9.17, 15) is 8.78 Å². The van der Waals surface area contributed by atoms with Crippen LogP contribution in [0.4, 0.5) is 8.78 Å². The van der Waals surface area contributed by atoms with Crippen molar-refractivity contribution >= 4 is 29.9 Å². The lowest BCUT2D eigenvalue weighted by atomic mass is 10.1. The van der Waals surface area contributed by atoms with Crippen molar-refractivity contribution < 1.29 is 13.5 Å². The molecule has 0 radical (unpaired) electrons. The first kappa shape index (κ1) is 17.9. The maximum atomic E-state index is 12.2. The van der Waals surface area contributed by atoms with Gasteiger partial charge in [-0.15, -0.1) is 24.0 Å². The predicted molar refractivity (Wildman–Crippen MR) is 86.1 cm³/mol. The van der Waals surface area contributed by atoms with Crippen molar-refractivity contribution in [1.29, 1.82) is 0 Å². The van der Waals surface area contributed by atoms with E-state index in [1.165, 1.54) is 12.8 Å². The van der Waals surface area contributed by atoms with E-state index in [1.807, 2.05) is 4.90 Å². The summed E-state index contributed by atoms with van der Waals surface area (Å²) in [6, 6.07) is 0. The highest BCUT2D eigenvalue weighted by Gasteiger charge is 2.26. The summed E-state index contributed by atoms with van der Waals surface area (Å²) in [7, 11) is 1.63. The van der Waals surface area contributed by atoms with E-state index in [1.54, 1.807) is 7.05 Å². The Morgan fingerprint density at radius 3 is 2.45 bits per heavy atom. The Labute approximate surface area is 136 Å². The van der Waals surface area contributed by atoms with Crippen molar-refractivity contribution in [3.8, 4) is 0 Å². The molecule has 118 valence electrons. The zero-order chi connectivity index (χ0) is 13.7. The minimum atomic E-state index is -2.35.